The molecule has 6 amide bonds. The van der Waals surface area contributed by atoms with Crippen molar-refractivity contribution < 1.29 is 60.2 Å². The number of fused-ring (bicyclic) bond motifs is 2. The lowest BCUT2D eigenvalue weighted by Crippen LogP contribution is -2.52. The zero-order valence-electron chi connectivity index (χ0n) is 76.7. The van der Waals surface area contributed by atoms with Gasteiger partial charge in [-0.15, -0.1) is 11.3 Å². The van der Waals surface area contributed by atoms with Crippen molar-refractivity contribution in [2.24, 2.45) is 0 Å². The molecule has 16 aromatic rings. The summed E-state index contributed by atoms with van der Waals surface area (Å²) in [6, 6.07) is 72.3. The van der Waals surface area contributed by atoms with Crippen LogP contribution in [0.4, 0.5) is 28.9 Å². The Hall–Kier alpha value is -16.5. The zero-order valence-corrected chi connectivity index (χ0v) is 77.5. The Bertz CT molecular complexity index is 7170. The van der Waals surface area contributed by atoms with Crippen molar-refractivity contribution in [1.82, 2.24) is 67.8 Å². The van der Waals surface area contributed by atoms with Crippen LogP contribution >= 0.6 is 11.3 Å². The second-order valence-electron chi connectivity index (χ2n) is 33.7. The molecule has 31 heteroatoms. The number of rotatable bonds is 20. The standard InChI is InChI=1S/C29H24FN5O2.C29H27FN4O3.C25H23FN4O3.C24H21FN4OS/c1-20-5-7-22(8-6-20)26-18-35(24-11-9-23(30)10-12-24)27(32-26)16-28(36)33-13-14-34(29(37)19-33)25-4-2-3-21(15-25)17-31;1-20-6-8-21(9-7-20)26-18-34(23-12-10-22(30)11-13-23)27(31-26)17-28(35)32-14-15-33(29(36)19-32)24-4-3-5-25(16-24)37-2;1-16-27-21-11-12-29(15-23(21)33-16)25(31)13-24-28-22(17-3-9-20(32-2)10-4-17)14-30(24)19-7-5-18(26)6-8-19;1-15-3-5-17(6-4-15)20-13-29(19-9-7-18(25)8-10-19)23(27-20)11-24(30)28-12-21-22(14-28)31-16(2)26-21/h2-12,15,18H,13-14,16,19H2,1H3;3-13,16,18H,14-15,17,19H2,1-2H3;3-10,14H,11-13,15H2,1-2H3;3-10,13H,11-12,14H2,1-2H3. The number of nitrogens with zero attached hydrogens (tertiary/aromatic N) is 17. The Labute approximate surface area is 797 Å². The summed E-state index contributed by atoms with van der Waals surface area (Å²) in [7, 11) is 3.20. The number of ether oxygens (including phenoxy) is 2. The lowest BCUT2D eigenvalue weighted by atomic mass is 10.1. The number of hydrogen-bond donors (Lipinski definition) is 0. The molecule has 6 aromatic heterocycles. The third-order valence-corrected chi connectivity index (χ3v) is 25.1. The third kappa shape index (κ3) is 22.0. The fourth-order valence-corrected chi connectivity index (χ4v) is 17.6. The summed E-state index contributed by atoms with van der Waals surface area (Å²) >= 11 is 1.65. The highest BCUT2D eigenvalue weighted by Crippen LogP contribution is 2.34. The minimum Gasteiger partial charge on any atom is -0.497 e. The quantitative estimate of drug-likeness (QED) is 0.0641. The molecular formula is C107H95F4N17O9S. The van der Waals surface area contributed by atoms with Crippen molar-refractivity contribution in [3.05, 3.63) is 369 Å². The van der Waals surface area contributed by atoms with Crippen LogP contribution in [0.15, 0.2) is 272 Å². The van der Waals surface area contributed by atoms with E-state index in [1.807, 2.05) is 195 Å². The molecule has 0 bridgehead atoms. The fourth-order valence-electron chi connectivity index (χ4n) is 16.7. The van der Waals surface area contributed by atoms with Crippen LogP contribution in [0.1, 0.15) is 78.5 Å². The Morgan fingerprint density at radius 2 is 0.739 bits per heavy atom. The summed E-state index contributed by atoms with van der Waals surface area (Å²) in [4.78, 5) is 118. The van der Waals surface area contributed by atoms with Crippen LogP contribution in [-0.4, -0.2) is 163 Å². The molecule has 0 saturated carbocycles. The maximum atomic E-state index is 13.6. The van der Waals surface area contributed by atoms with Crippen LogP contribution in [0, 0.1) is 69.2 Å². The molecule has 4 aliphatic rings. The predicted molar refractivity (Wildman–Crippen MR) is 515 cm³/mol. The molecule has 10 heterocycles. The number of carbonyl (C=O) groups excluding carboxylic acids is 6. The number of hydrogen-bond acceptors (Lipinski definition) is 17. The van der Waals surface area contributed by atoms with Crippen LogP contribution in [0.5, 0.6) is 11.5 Å². The summed E-state index contributed by atoms with van der Waals surface area (Å²) in [5.74, 6) is 2.88. The number of benzene rings is 10. The smallest absolute Gasteiger partial charge is 0.246 e. The number of aromatic nitrogens is 10. The highest BCUT2D eigenvalue weighted by molar-refractivity contribution is 7.11. The molecule has 10 aromatic carbocycles. The second kappa shape index (κ2) is 41.6. The highest BCUT2D eigenvalue weighted by Gasteiger charge is 2.34. The van der Waals surface area contributed by atoms with Gasteiger partial charge in [-0.25, -0.2) is 47.5 Å². The lowest BCUT2D eigenvalue weighted by molar-refractivity contribution is -0.136. The van der Waals surface area contributed by atoms with Crippen LogP contribution in [0.2, 0.25) is 0 Å². The van der Waals surface area contributed by atoms with E-state index in [0.29, 0.717) is 128 Å². The number of carbonyl (C=O) groups is 6. The van der Waals surface area contributed by atoms with Crippen LogP contribution in [0.25, 0.3) is 67.8 Å². The molecule has 4 aliphatic heterocycles. The number of piperazine rings is 2. The summed E-state index contributed by atoms with van der Waals surface area (Å²) in [5, 5.41) is 10.2. The molecule has 696 valence electrons. The zero-order chi connectivity index (χ0) is 96.4. The minimum atomic E-state index is -0.350. The predicted octanol–water partition coefficient (Wildman–Crippen LogP) is 17.6. The van der Waals surface area contributed by atoms with Gasteiger partial charge in [0.05, 0.1) is 110 Å². The maximum absolute atomic E-state index is 13.6. The van der Waals surface area contributed by atoms with E-state index in [4.69, 9.17) is 39.1 Å². The van der Waals surface area contributed by atoms with Gasteiger partial charge in [-0.3, -0.25) is 28.8 Å². The van der Waals surface area contributed by atoms with Crippen LogP contribution < -0.4 is 19.3 Å². The lowest BCUT2D eigenvalue weighted by Gasteiger charge is -2.34. The van der Waals surface area contributed by atoms with E-state index in [1.54, 1.807) is 127 Å². The van der Waals surface area contributed by atoms with Crippen molar-refractivity contribution in [3.63, 3.8) is 0 Å². The number of halogens is 4. The van der Waals surface area contributed by atoms with E-state index < -0.39 is 0 Å². The summed E-state index contributed by atoms with van der Waals surface area (Å²) in [6.07, 6.45) is 8.40. The Morgan fingerprint density at radius 1 is 0.377 bits per heavy atom. The minimum absolute atomic E-state index is 0.00673. The van der Waals surface area contributed by atoms with Crippen LogP contribution in [-0.2, 0) is 80.5 Å². The number of aryl methyl sites for hydroxylation is 5. The first-order valence-electron chi connectivity index (χ1n) is 44.8. The molecule has 0 aliphatic carbocycles. The fraction of sp³-hybridized carbons (Fsp3) is 0.206. The van der Waals surface area contributed by atoms with Crippen molar-refractivity contribution >= 4 is 58.2 Å². The van der Waals surface area contributed by atoms with Crippen molar-refractivity contribution in [1.29, 1.82) is 5.26 Å². The van der Waals surface area contributed by atoms with Crippen molar-refractivity contribution in [2.75, 3.05) is 69.8 Å². The monoisotopic (exact) mass is 1870 g/mol. The SMILES string of the molecule is COc1ccc(-c2cn(-c3ccc(F)cc3)c(CC(=O)N3CCc4nc(C)oc4C3)n2)cc1.COc1cccc(N2CCN(C(=O)Cc3nc(-c4ccc(C)cc4)cn3-c3ccc(F)cc3)CC2=O)c1.Cc1ccc(-c2cn(-c3ccc(F)cc3)c(CC(=O)N3CCN(c4cccc(C#N)c4)C(=O)C3)n2)cc1.Cc1ccc(-c2cn(-c3ccc(F)cc3)c(CC(=O)N3Cc4nc(C)sc4C3)n2)cc1. The first kappa shape index (κ1) is 93.3. The van der Waals surface area contributed by atoms with E-state index in [1.165, 1.54) is 59.0 Å². The molecule has 2 fully saturated rings. The Kier molecular flexibility index (Phi) is 28.1. The summed E-state index contributed by atoms with van der Waals surface area (Å²) in [5.41, 5.74) is 16.7. The largest absolute Gasteiger partial charge is 0.497 e. The van der Waals surface area contributed by atoms with E-state index in [2.05, 4.69) is 16.0 Å². The molecule has 0 N–H and O–H groups in total. The van der Waals surface area contributed by atoms with Gasteiger partial charge in [-0.2, -0.15) is 5.26 Å². The van der Waals surface area contributed by atoms with E-state index in [0.717, 1.165) is 94.6 Å². The summed E-state index contributed by atoms with van der Waals surface area (Å²) < 4.78 is 77.6. The molecule has 2 saturated heterocycles. The average molecular weight is 1870 g/mol. The Morgan fingerprint density at radius 3 is 1.11 bits per heavy atom. The highest BCUT2D eigenvalue weighted by atomic mass is 32.1. The van der Waals surface area contributed by atoms with Gasteiger partial charge in [0.1, 0.15) is 76.9 Å². The number of amides is 6. The first-order chi connectivity index (χ1) is 66.8. The van der Waals surface area contributed by atoms with E-state index >= 15 is 0 Å². The normalized spacial score (nSPS) is 13.3. The molecular weight excluding hydrogens is 1780 g/mol. The molecule has 0 atom stereocenters. The molecule has 26 nitrogen and oxygen atoms in total. The Balaban J connectivity index is 0.000000128. The molecule has 0 radical (unpaired) electrons. The summed E-state index contributed by atoms with van der Waals surface area (Å²) in [6.45, 7) is 13.4. The first-order valence-corrected chi connectivity index (χ1v) is 45.6. The van der Waals surface area contributed by atoms with Gasteiger partial charge >= 0.3 is 0 Å². The topological polar surface area (TPSA) is 274 Å². The maximum Gasteiger partial charge on any atom is 0.246 e. The van der Waals surface area contributed by atoms with Gasteiger partial charge in [0.15, 0.2) is 5.89 Å². The van der Waals surface area contributed by atoms with Crippen molar-refractivity contribution in [2.45, 2.75) is 86.4 Å². The van der Waals surface area contributed by atoms with Gasteiger partial charge in [-0.05, 0) is 179 Å². The number of anilines is 2. The van der Waals surface area contributed by atoms with Gasteiger partial charge in [0.2, 0.25) is 35.4 Å². The second-order valence-corrected chi connectivity index (χ2v) is 35.0. The van der Waals surface area contributed by atoms with Crippen molar-refractivity contribution in [3.8, 4) is 85.3 Å². The van der Waals surface area contributed by atoms with Gasteiger partial charge in [0.25, 0.3) is 0 Å². The number of imidazole rings is 4. The third-order valence-electron chi connectivity index (χ3n) is 24.1. The number of thiazole rings is 1. The number of nitriles is 1. The average Bonchev–Trinajstić information content (AvgIpc) is 1.64. The van der Waals surface area contributed by atoms with Crippen LogP contribution in [0.3, 0.4) is 0 Å². The molecule has 20 rings (SSSR count). The van der Waals surface area contributed by atoms with Gasteiger partial charge in [0, 0.05) is 138 Å². The molecule has 0 spiro atoms. The number of methoxy groups -OCH3 is 2. The molecule has 138 heavy (non-hydrogen) atoms. The van der Waals surface area contributed by atoms with Gasteiger partial charge in [-0.1, -0.05) is 102 Å². The number of oxazole rings is 1. The van der Waals surface area contributed by atoms with Gasteiger partial charge < -0.3 is 61.6 Å². The molecule has 0 unspecified atom stereocenters. The van der Waals surface area contributed by atoms with E-state index in [9.17, 15) is 46.3 Å². The van der Waals surface area contributed by atoms with E-state index in [-0.39, 0.29) is 97.5 Å².